The Balaban J connectivity index is 1.08. The molecule has 0 fully saturated rings. The first kappa shape index (κ1) is 25.8. The van der Waals surface area contributed by atoms with Gasteiger partial charge in [-0.3, -0.25) is 0 Å². The van der Waals surface area contributed by atoms with Crippen molar-refractivity contribution in [2.24, 2.45) is 0 Å². The molecule has 0 radical (unpaired) electrons. The summed E-state index contributed by atoms with van der Waals surface area (Å²) in [7, 11) is 0. The molecule has 0 amide bonds. The number of nitrogens with one attached hydrogen (secondary N) is 1. The normalized spacial score (nSPS) is 11.6. The second kappa shape index (κ2) is 10.5. The second-order valence-electron chi connectivity index (χ2n) is 11.5. The maximum Gasteiger partial charge on any atom is 0.0468 e. The van der Waals surface area contributed by atoms with Crippen molar-refractivity contribution < 1.29 is 0 Å². The molecule has 0 bridgehead atoms. The van der Waals surface area contributed by atoms with E-state index in [2.05, 4.69) is 174 Å². The van der Waals surface area contributed by atoms with Crippen molar-refractivity contribution in [3.8, 4) is 0 Å². The van der Waals surface area contributed by atoms with Crippen LogP contribution in [-0.4, -0.2) is 0 Å². The van der Waals surface area contributed by atoms with E-state index < -0.39 is 0 Å². The highest BCUT2D eigenvalue weighted by Gasteiger charge is 2.15. The van der Waals surface area contributed by atoms with Crippen LogP contribution in [0.5, 0.6) is 0 Å². The van der Waals surface area contributed by atoms with Crippen LogP contribution in [0.1, 0.15) is 0 Å². The van der Waals surface area contributed by atoms with Crippen LogP contribution < -0.4 is 10.2 Å². The van der Waals surface area contributed by atoms with E-state index in [1.54, 1.807) is 0 Å². The molecule has 9 rings (SSSR count). The first-order valence-electron chi connectivity index (χ1n) is 15.3. The predicted molar refractivity (Wildman–Crippen MR) is 196 cm³/mol. The van der Waals surface area contributed by atoms with Crippen LogP contribution in [0, 0.1) is 0 Å². The lowest BCUT2D eigenvalue weighted by molar-refractivity contribution is 1.29. The molecule has 1 heterocycles. The summed E-state index contributed by atoms with van der Waals surface area (Å²) in [6.45, 7) is 0. The molecule has 0 aliphatic carbocycles. The molecule has 9 aromatic rings. The second-order valence-corrected chi connectivity index (χ2v) is 12.6. The smallest absolute Gasteiger partial charge is 0.0468 e. The molecule has 0 unspecified atom stereocenters. The summed E-state index contributed by atoms with van der Waals surface area (Å²) in [5.74, 6) is 0. The molecule has 1 N–H and O–H groups in total. The molecular formula is C42H28N2S. The molecule has 0 spiro atoms. The van der Waals surface area contributed by atoms with Gasteiger partial charge in [-0.25, -0.2) is 0 Å². The zero-order valence-electron chi connectivity index (χ0n) is 24.4. The van der Waals surface area contributed by atoms with Crippen molar-refractivity contribution in [2.45, 2.75) is 0 Å². The van der Waals surface area contributed by atoms with Gasteiger partial charge < -0.3 is 10.2 Å². The fourth-order valence-corrected chi connectivity index (χ4v) is 7.83. The largest absolute Gasteiger partial charge is 0.356 e. The minimum Gasteiger partial charge on any atom is -0.356 e. The third-order valence-electron chi connectivity index (χ3n) is 8.78. The molecule has 8 aromatic carbocycles. The number of benzene rings is 8. The molecule has 212 valence electrons. The summed E-state index contributed by atoms with van der Waals surface area (Å²) < 4.78 is 2.66. The number of thiophene rings is 1. The van der Waals surface area contributed by atoms with Gasteiger partial charge >= 0.3 is 0 Å². The Morgan fingerprint density at radius 3 is 1.82 bits per heavy atom. The van der Waals surface area contributed by atoms with Gasteiger partial charge in [0.25, 0.3) is 0 Å². The lowest BCUT2D eigenvalue weighted by Crippen LogP contribution is -2.09. The Kier molecular flexibility index (Phi) is 6.03. The standard InChI is InChI=1S/C42H28N2S/c1-2-10-33(11-3-1)44(35-22-25-41-40(27-35)39-23-16-29-9-5-7-13-38(29)42(39)45-41)34-20-17-31(18-21-34)43-32-19-24-37-30(26-32)15-14-28-8-4-6-12-36(28)37/h1-27,43H. The van der Waals surface area contributed by atoms with E-state index in [9.17, 15) is 0 Å². The Morgan fingerprint density at radius 2 is 0.978 bits per heavy atom. The molecular weight excluding hydrogens is 565 g/mol. The number of hydrogen-bond acceptors (Lipinski definition) is 3. The van der Waals surface area contributed by atoms with E-state index in [4.69, 9.17) is 0 Å². The van der Waals surface area contributed by atoms with Gasteiger partial charge in [0.15, 0.2) is 0 Å². The first-order valence-corrected chi connectivity index (χ1v) is 16.1. The van der Waals surface area contributed by atoms with Gasteiger partial charge in [0.2, 0.25) is 0 Å². The van der Waals surface area contributed by atoms with Crippen LogP contribution in [0.2, 0.25) is 0 Å². The summed E-state index contributed by atoms with van der Waals surface area (Å²) in [6.07, 6.45) is 0. The SMILES string of the molecule is c1ccc(N(c2ccc(Nc3ccc4c(ccc5ccccc54)c3)cc2)c2ccc3sc4c5ccccc5ccc4c3c2)cc1. The maximum atomic E-state index is 3.63. The van der Waals surface area contributed by atoms with E-state index in [0.29, 0.717) is 0 Å². The number of para-hydroxylation sites is 1. The third-order valence-corrected chi connectivity index (χ3v) is 10.00. The van der Waals surface area contributed by atoms with Gasteiger partial charge in [0.1, 0.15) is 0 Å². The number of hydrogen-bond donors (Lipinski definition) is 1. The summed E-state index contributed by atoms with van der Waals surface area (Å²) in [6, 6.07) is 59.0. The molecule has 1 aromatic heterocycles. The minimum atomic E-state index is 1.05. The summed E-state index contributed by atoms with van der Waals surface area (Å²) in [5, 5.41) is 13.9. The quantitative estimate of drug-likeness (QED) is 0.200. The molecule has 2 nitrogen and oxygen atoms in total. The van der Waals surface area contributed by atoms with Crippen LogP contribution >= 0.6 is 11.3 Å². The average molecular weight is 593 g/mol. The molecule has 45 heavy (non-hydrogen) atoms. The molecule has 0 saturated carbocycles. The van der Waals surface area contributed by atoms with Crippen LogP contribution in [0.3, 0.4) is 0 Å². The topological polar surface area (TPSA) is 15.3 Å². The Hall–Kier alpha value is -5.64. The van der Waals surface area contributed by atoms with E-state index >= 15 is 0 Å². The first-order chi connectivity index (χ1) is 22.3. The van der Waals surface area contributed by atoms with E-state index in [-0.39, 0.29) is 0 Å². The summed E-state index contributed by atoms with van der Waals surface area (Å²) in [4.78, 5) is 2.34. The Labute approximate surface area is 265 Å². The zero-order valence-corrected chi connectivity index (χ0v) is 25.3. The fourth-order valence-electron chi connectivity index (χ4n) is 6.61. The zero-order chi connectivity index (χ0) is 29.7. The maximum absolute atomic E-state index is 3.63. The number of nitrogens with zero attached hydrogens (tertiary/aromatic N) is 1. The Morgan fingerprint density at radius 1 is 0.378 bits per heavy atom. The van der Waals surface area contributed by atoms with Crippen molar-refractivity contribution in [3.05, 3.63) is 164 Å². The third kappa shape index (κ3) is 4.48. The van der Waals surface area contributed by atoms with Gasteiger partial charge in [0.05, 0.1) is 0 Å². The van der Waals surface area contributed by atoms with Gasteiger partial charge in [-0.15, -0.1) is 11.3 Å². The van der Waals surface area contributed by atoms with Crippen molar-refractivity contribution in [1.29, 1.82) is 0 Å². The van der Waals surface area contributed by atoms with E-state index in [0.717, 1.165) is 28.4 Å². The van der Waals surface area contributed by atoms with Crippen LogP contribution in [0.25, 0.3) is 52.5 Å². The lowest BCUT2D eigenvalue weighted by Gasteiger charge is -2.26. The van der Waals surface area contributed by atoms with Crippen molar-refractivity contribution >= 4 is 92.3 Å². The molecule has 0 aliphatic heterocycles. The van der Waals surface area contributed by atoms with E-state index in [1.165, 1.54) is 52.5 Å². The molecule has 3 heteroatoms. The molecule has 0 saturated heterocycles. The number of fused-ring (bicyclic) bond motifs is 8. The lowest BCUT2D eigenvalue weighted by atomic mass is 10.0. The molecule has 0 aliphatic rings. The van der Waals surface area contributed by atoms with Gasteiger partial charge in [0, 0.05) is 48.6 Å². The highest BCUT2D eigenvalue weighted by Crippen LogP contribution is 2.42. The van der Waals surface area contributed by atoms with E-state index in [1.807, 2.05) is 11.3 Å². The highest BCUT2D eigenvalue weighted by molar-refractivity contribution is 7.26. The highest BCUT2D eigenvalue weighted by atomic mass is 32.1. The Bertz CT molecular complexity index is 2510. The van der Waals surface area contributed by atoms with Crippen LogP contribution in [0.15, 0.2) is 164 Å². The number of anilines is 5. The van der Waals surface area contributed by atoms with Crippen LogP contribution in [-0.2, 0) is 0 Å². The average Bonchev–Trinajstić information content (AvgIpc) is 3.48. The fraction of sp³-hybridized carbons (Fsp3) is 0. The monoisotopic (exact) mass is 592 g/mol. The summed E-state index contributed by atoms with van der Waals surface area (Å²) in [5.41, 5.74) is 5.51. The van der Waals surface area contributed by atoms with Crippen LogP contribution in [0.4, 0.5) is 28.4 Å². The number of rotatable bonds is 5. The minimum absolute atomic E-state index is 1.05. The van der Waals surface area contributed by atoms with Gasteiger partial charge in [-0.2, -0.15) is 0 Å². The van der Waals surface area contributed by atoms with Crippen molar-refractivity contribution in [2.75, 3.05) is 10.2 Å². The van der Waals surface area contributed by atoms with Crippen molar-refractivity contribution in [3.63, 3.8) is 0 Å². The summed E-state index contributed by atoms with van der Waals surface area (Å²) >= 11 is 1.88. The van der Waals surface area contributed by atoms with Crippen molar-refractivity contribution in [1.82, 2.24) is 0 Å². The van der Waals surface area contributed by atoms with Gasteiger partial charge in [-0.1, -0.05) is 97.1 Å². The molecule has 0 atom stereocenters. The van der Waals surface area contributed by atoms with Gasteiger partial charge in [-0.05, 0) is 99.0 Å². The predicted octanol–water partition coefficient (Wildman–Crippen LogP) is 12.7.